The molecule has 1 aromatic heterocycles. The highest BCUT2D eigenvalue weighted by Crippen LogP contribution is 2.43. The van der Waals surface area contributed by atoms with Gasteiger partial charge in [-0.15, -0.1) is 0 Å². The number of aryl methyl sites for hydroxylation is 1. The Bertz CT molecular complexity index is 1620. The molecule has 0 spiro atoms. The summed E-state index contributed by atoms with van der Waals surface area (Å²) in [5.74, 6) is -2.09. The molecule has 42 heavy (non-hydrogen) atoms. The molecular formula is C32H28N2O8. The number of carbonyl (C=O) groups excluding carboxylic acids is 3. The Balaban J connectivity index is 1.54. The molecule has 0 bridgehead atoms. The predicted molar refractivity (Wildman–Crippen MR) is 150 cm³/mol. The Morgan fingerprint density at radius 3 is 1.88 bits per heavy atom. The van der Waals surface area contributed by atoms with E-state index in [4.69, 9.17) is 18.9 Å². The zero-order chi connectivity index (χ0) is 29.7. The number of hydrogen-bond acceptors (Lipinski definition) is 9. The van der Waals surface area contributed by atoms with E-state index in [0.717, 1.165) is 4.57 Å². The van der Waals surface area contributed by atoms with Gasteiger partial charge in [0.25, 0.3) is 0 Å². The van der Waals surface area contributed by atoms with E-state index in [0.29, 0.717) is 11.3 Å². The fraction of sp³-hybridized carbons (Fsp3) is 0.219. The van der Waals surface area contributed by atoms with Crippen LogP contribution < -0.4 is 5.69 Å². The molecule has 0 amide bonds. The number of rotatable bonds is 8. The molecule has 0 N–H and O–H groups in total. The van der Waals surface area contributed by atoms with Gasteiger partial charge in [-0.1, -0.05) is 54.6 Å². The van der Waals surface area contributed by atoms with Gasteiger partial charge < -0.3 is 18.9 Å². The second-order valence-corrected chi connectivity index (χ2v) is 9.88. The Morgan fingerprint density at radius 1 is 0.810 bits per heavy atom. The molecular weight excluding hydrogens is 540 g/mol. The molecule has 1 fully saturated rings. The lowest BCUT2D eigenvalue weighted by Gasteiger charge is -2.34. The summed E-state index contributed by atoms with van der Waals surface area (Å²) in [6.45, 7) is 2.79. The monoisotopic (exact) mass is 568 g/mol. The Hall–Kier alpha value is -5.09. The molecule has 1 aliphatic rings. The maximum absolute atomic E-state index is 13.4. The molecule has 0 aliphatic carbocycles. The van der Waals surface area contributed by atoms with Crippen molar-refractivity contribution in [3.8, 4) is 0 Å². The van der Waals surface area contributed by atoms with Crippen LogP contribution in [0.2, 0.25) is 0 Å². The second-order valence-electron chi connectivity index (χ2n) is 9.88. The summed E-state index contributed by atoms with van der Waals surface area (Å²) in [5, 5.41) is 0. The molecule has 10 nitrogen and oxygen atoms in total. The molecule has 5 rings (SSSR count). The minimum absolute atomic E-state index is 0.235. The summed E-state index contributed by atoms with van der Waals surface area (Å²) in [6, 6.07) is 26.4. The van der Waals surface area contributed by atoms with Crippen molar-refractivity contribution in [2.45, 2.75) is 37.9 Å². The number of carbonyl (C=O) groups is 3. The largest absolute Gasteiger partial charge is 0.459 e. The van der Waals surface area contributed by atoms with Gasteiger partial charge in [-0.3, -0.25) is 4.57 Å². The van der Waals surface area contributed by atoms with Gasteiger partial charge in [-0.2, -0.15) is 4.98 Å². The smallest absolute Gasteiger partial charge is 0.350 e. The lowest BCUT2D eigenvalue weighted by molar-refractivity contribution is -0.111. The number of esters is 3. The zero-order valence-corrected chi connectivity index (χ0v) is 22.9. The van der Waals surface area contributed by atoms with Gasteiger partial charge in [0.2, 0.25) is 0 Å². The number of ether oxygens (including phenoxy) is 4. The summed E-state index contributed by atoms with van der Waals surface area (Å²) in [7, 11) is 0. The van der Waals surface area contributed by atoms with E-state index in [1.165, 1.54) is 13.1 Å². The Kier molecular flexibility index (Phi) is 8.26. The molecule has 3 aromatic carbocycles. The number of aromatic nitrogens is 2. The lowest BCUT2D eigenvalue weighted by atomic mass is 9.95. The normalized spacial score (nSPS) is 21.3. The summed E-state index contributed by atoms with van der Waals surface area (Å²) in [5.41, 5.74) is -1.18. The van der Waals surface area contributed by atoms with Crippen LogP contribution in [0.4, 0.5) is 0 Å². The van der Waals surface area contributed by atoms with Gasteiger partial charge in [-0.25, -0.2) is 19.2 Å². The molecule has 10 heteroatoms. The van der Waals surface area contributed by atoms with Crippen molar-refractivity contribution >= 4 is 17.9 Å². The number of nitrogens with zero attached hydrogens (tertiary/aromatic N) is 2. The van der Waals surface area contributed by atoms with Crippen LogP contribution in [0.25, 0.3) is 0 Å². The molecule has 2 heterocycles. The molecule has 4 atom stereocenters. The van der Waals surface area contributed by atoms with E-state index < -0.39 is 47.6 Å². The highest BCUT2D eigenvalue weighted by atomic mass is 16.7. The summed E-state index contributed by atoms with van der Waals surface area (Å²) >= 11 is 0. The third-order valence-electron chi connectivity index (χ3n) is 6.87. The van der Waals surface area contributed by atoms with Crippen molar-refractivity contribution in [1.29, 1.82) is 0 Å². The summed E-state index contributed by atoms with van der Waals surface area (Å²) in [4.78, 5) is 56.5. The minimum Gasteiger partial charge on any atom is -0.459 e. The van der Waals surface area contributed by atoms with Crippen molar-refractivity contribution < 1.29 is 33.3 Å². The molecule has 214 valence electrons. The molecule has 1 saturated heterocycles. The van der Waals surface area contributed by atoms with Crippen LogP contribution in [-0.4, -0.2) is 51.9 Å². The number of hydrogen-bond donors (Lipinski definition) is 0. The maximum atomic E-state index is 13.4. The summed E-state index contributed by atoms with van der Waals surface area (Å²) in [6.07, 6.45) is -2.27. The molecule has 0 unspecified atom stereocenters. The second kappa shape index (κ2) is 12.2. The topological polar surface area (TPSA) is 123 Å². The molecule has 1 aliphatic heterocycles. The van der Waals surface area contributed by atoms with Crippen LogP contribution in [0.1, 0.15) is 49.9 Å². The van der Waals surface area contributed by atoms with Crippen LogP contribution in [0.5, 0.6) is 0 Å². The lowest BCUT2D eigenvalue weighted by Crippen LogP contribution is -2.51. The Morgan fingerprint density at radius 2 is 1.33 bits per heavy atom. The van der Waals surface area contributed by atoms with Crippen LogP contribution in [0.15, 0.2) is 108 Å². The van der Waals surface area contributed by atoms with E-state index in [-0.39, 0.29) is 17.7 Å². The molecule has 0 radical (unpaired) electrons. The SMILES string of the molecule is Cc1ccn([C@@H]2O[C@H](COC(=O)c3ccccc3)[C@@H](OC(=O)c3ccccc3)[C@@]2(C)OC(=O)c2ccccc2)c(=O)n1. The standard InChI is InChI=1S/C32H28N2O8/c1-21-18-19-34(31(38)33-21)30-32(2,42-29(37)24-16-10-5-11-17-24)26(41-28(36)23-14-8-4-9-15-23)25(40-30)20-39-27(35)22-12-6-3-7-13-22/h3-19,25-26,30H,20H2,1-2H3/t25-,26-,30-,32-/m1/s1. The zero-order valence-electron chi connectivity index (χ0n) is 22.9. The van der Waals surface area contributed by atoms with Crippen molar-refractivity contribution in [3.63, 3.8) is 0 Å². The first-order chi connectivity index (χ1) is 20.3. The van der Waals surface area contributed by atoms with Crippen LogP contribution in [-0.2, 0) is 18.9 Å². The summed E-state index contributed by atoms with van der Waals surface area (Å²) < 4.78 is 24.9. The number of benzene rings is 3. The first-order valence-corrected chi connectivity index (χ1v) is 13.2. The Labute approximate surface area is 241 Å². The first-order valence-electron chi connectivity index (χ1n) is 13.2. The van der Waals surface area contributed by atoms with Gasteiger partial charge >= 0.3 is 23.6 Å². The maximum Gasteiger partial charge on any atom is 0.350 e. The van der Waals surface area contributed by atoms with Crippen molar-refractivity contribution in [2.24, 2.45) is 0 Å². The molecule has 4 aromatic rings. The van der Waals surface area contributed by atoms with Crippen LogP contribution >= 0.6 is 0 Å². The highest BCUT2D eigenvalue weighted by molar-refractivity contribution is 5.91. The van der Waals surface area contributed by atoms with Gasteiger partial charge in [0.15, 0.2) is 17.9 Å². The molecule has 0 saturated carbocycles. The van der Waals surface area contributed by atoms with E-state index in [2.05, 4.69) is 4.98 Å². The van der Waals surface area contributed by atoms with Crippen molar-refractivity contribution in [2.75, 3.05) is 6.61 Å². The van der Waals surface area contributed by atoms with E-state index in [9.17, 15) is 19.2 Å². The third-order valence-corrected chi connectivity index (χ3v) is 6.87. The fourth-order valence-corrected chi connectivity index (χ4v) is 4.73. The average molecular weight is 569 g/mol. The first kappa shape index (κ1) is 28.4. The van der Waals surface area contributed by atoms with Crippen molar-refractivity contribution in [3.05, 3.63) is 136 Å². The minimum atomic E-state index is -1.76. The van der Waals surface area contributed by atoms with Crippen molar-refractivity contribution in [1.82, 2.24) is 9.55 Å². The average Bonchev–Trinajstić information content (AvgIpc) is 3.27. The third kappa shape index (κ3) is 5.98. The van der Waals surface area contributed by atoms with Crippen LogP contribution in [0, 0.1) is 6.92 Å². The van der Waals surface area contributed by atoms with Gasteiger partial charge in [0.05, 0.1) is 16.7 Å². The van der Waals surface area contributed by atoms with E-state index >= 15 is 0 Å². The van der Waals surface area contributed by atoms with Gasteiger partial charge in [-0.05, 0) is 56.3 Å². The van der Waals surface area contributed by atoms with E-state index in [1.807, 2.05) is 0 Å². The highest BCUT2D eigenvalue weighted by Gasteiger charge is 2.60. The van der Waals surface area contributed by atoms with Crippen LogP contribution in [0.3, 0.4) is 0 Å². The quantitative estimate of drug-likeness (QED) is 0.228. The van der Waals surface area contributed by atoms with Gasteiger partial charge in [0, 0.05) is 11.9 Å². The van der Waals surface area contributed by atoms with E-state index in [1.54, 1.807) is 104 Å². The predicted octanol–water partition coefficient (Wildman–Crippen LogP) is 4.15. The fourth-order valence-electron chi connectivity index (χ4n) is 4.73. The van der Waals surface area contributed by atoms with Gasteiger partial charge in [0.1, 0.15) is 12.7 Å².